The van der Waals surface area contributed by atoms with Crippen molar-refractivity contribution in [2.45, 2.75) is 39.3 Å². The Bertz CT molecular complexity index is 470. The van der Waals surface area contributed by atoms with Crippen LogP contribution in [0.3, 0.4) is 0 Å². The molecule has 0 aliphatic rings. The van der Waals surface area contributed by atoms with Gasteiger partial charge in [-0.25, -0.2) is 4.79 Å². The van der Waals surface area contributed by atoms with Crippen LogP contribution in [0.2, 0.25) is 5.02 Å². The number of carbonyl (C=O) groups excluding carboxylic acids is 1. The van der Waals surface area contributed by atoms with Gasteiger partial charge in [0, 0.05) is 19.8 Å². The summed E-state index contributed by atoms with van der Waals surface area (Å²) in [7, 11) is 1.50. The van der Waals surface area contributed by atoms with Crippen LogP contribution in [0.25, 0.3) is 0 Å². The second-order valence-corrected chi connectivity index (χ2v) is 4.85. The average molecular weight is 287 g/mol. The highest BCUT2D eigenvalue weighted by Crippen LogP contribution is 2.17. The summed E-state index contributed by atoms with van der Waals surface area (Å²) in [6.45, 7) is 4.41. The van der Waals surface area contributed by atoms with Crippen LogP contribution < -0.4 is 0 Å². The van der Waals surface area contributed by atoms with Crippen molar-refractivity contribution in [3.05, 3.63) is 23.0 Å². The number of hydrogen-bond donors (Lipinski definition) is 1. The molecule has 5 nitrogen and oxygen atoms in total. The van der Waals surface area contributed by atoms with E-state index in [4.69, 9.17) is 16.7 Å². The minimum absolute atomic E-state index is 0.324. The van der Waals surface area contributed by atoms with Crippen LogP contribution in [0, 0.1) is 0 Å². The average Bonchev–Trinajstić information content (AvgIpc) is 2.70. The number of aryl methyl sites for hydroxylation is 1. The first kappa shape index (κ1) is 15.6. The number of nitrogens with zero attached hydrogens (tertiary/aromatic N) is 2. The Morgan fingerprint density at radius 1 is 1.47 bits per heavy atom. The summed E-state index contributed by atoms with van der Waals surface area (Å²) in [6.07, 6.45) is 2.92. The van der Waals surface area contributed by atoms with Crippen molar-refractivity contribution in [3.8, 4) is 0 Å². The standard InChI is InChI=1S/C13H19ClN2O3/c1-4-6-16-8-9(14)7-11(16)12(17)15(3)10(5-2)13(18)19/h7-8,10H,4-6H2,1-3H3,(H,18,19). The molecule has 0 spiro atoms. The number of carboxylic acid groups (broad SMARTS) is 1. The molecule has 19 heavy (non-hydrogen) atoms. The smallest absolute Gasteiger partial charge is 0.326 e. The first-order chi connectivity index (χ1) is 8.92. The second kappa shape index (κ2) is 6.61. The third-order valence-electron chi connectivity index (χ3n) is 3.01. The van der Waals surface area contributed by atoms with Crippen LogP contribution in [0.15, 0.2) is 12.3 Å². The topological polar surface area (TPSA) is 62.5 Å². The fourth-order valence-corrected chi connectivity index (χ4v) is 2.24. The molecule has 1 rings (SSSR count). The number of carboxylic acids is 1. The van der Waals surface area contributed by atoms with E-state index >= 15 is 0 Å². The van der Waals surface area contributed by atoms with Gasteiger partial charge in [-0.3, -0.25) is 4.79 Å². The highest BCUT2D eigenvalue weighted by atomic mass is 35.5. The lowest BCUT2D eigenvalue weighted by Gasteiger charge is -2.24. The van der Waals surface area contributed by atoms with Gasteiger partial charge in [0.2, 0.25) is 0 Å². The van der Waals surface area contributed by atoms with Crippen LogP contribution in [0.4, 0.5) is 0 Å². The van der Waals surface area contributed by atoms with Crippen LogP contribution >= 0.6 is 11.6 Å². The van der Waals surface area contributed by atoms with Crippen molar-refractivity contribution in [1.82, 2.24) is 9.47 Å². The molecule has 1 heterocycles. The fraction of sp³-hybridized carbons (Fsp3) is 0.538. The van der Waals surface area contributed by atoms with Crippen molar-refractivity contribution < 1.29 is 14.7 Å². The van der Waals surface area contributed by atoms with Crippen molar-refractivity contribution >= 4 is 23.5 Å². The quantitative estimate of drug-likeness (QED) is 0.874. The first-order valence-electron chi connectivity index (χ1n) is 6.28. The lowest BCUT2D eigenvalue weighted by atomic mass is 10.2. The predicted octanol–water partition coefficient (Wildman–Crippen LogP) is 2.49. The molecule has 0 aromatic carbocycles. The zero-order valence-corrected chi connectivity index (χ0v) is 12.1. The molecule has 0 radical (unpaired) electrons. The van der Waals surface area contributed by atoms with Gasteiger partial charge in [-0.2, -0.15) is 0 Å². The monoisotopic (exact) mass is 286 g/mol. The molecule has 1 unspecified atom stereocenters. The zero-order chi connectivity index (χ0) is 14.6. The molecule has 106 valence electrons. The molecule has 1 aromatic heterocycles. The summed E-state index contributed by atoms with van der Waals surface area (Å²) in [6, 6.07) is 0.751. The maximum Gasteiger partial charge on any atom is 0.326 e. The summed E-state index contributed by atoms with van der Waals surface area (Å²) in [5.41, 5.74) is 0.425. The number of likely N-dealkylation sites (N-methyl/N-ethyl adjacent to an activating group) is 1. The molecular formula is C13H19ClN2O3. The fourth-order valence-electron chi connectivity index (χ4n) is 2.02. The zero-order valence-electron chi connectivity index (χ0n) is 11.4. The molecule has 1 amide bonds. The number of halogens is 1. The Morgan fingerprint density at radius 3 is 2.58 bits per heavy atom. The molecule has 0 fully saturated rings. The molecule has 0 aliphatic heterocycles. The third-order valence-corrected chi connectivity index (χ3v) is 3.21. The Balaban J connectivity index is 3.02. The van der Waals surface area contributed by atoms with E-state index in [1.54, 1.807) is 23.8 Å². The van der Waals surface area contributed by atoms with E-state index in [0.29, 0.717) is 23.7 Å². The largest absolute Gasteiger partial charge is 0.480 e. The van der Waals surface area contributed by atoms with Gasteiger partial charge in [0.05, 0.1) is 5.02 Å². The molecule has 0 saturated carbocycles. The Labute approximate surface area is 117 Å². The Morgan fingerprint density at radius 2 is 2.11 bits per heavy atom. The van der Waals surface area contributed by atoms with Crippen LogP contribution in [0.1, 0.15) is 37.2 Å². The van der Waals surface area contributed by atoms with Gasteiger partial charge in [0.15, 0.2) is 0 Å². The van der Waals surface area contributed by atoms with E-state index in [2.05, 4.69) is 0 Å². The highest BCUT2D eigenvalue weighted by Gasteiger charge is 2.27. The molecule has 1 aromatic rings. The molecule has 0 bridgehead atoms. The van der Waals surface area contributed by atoms with E-state index < -0.39 is 12.0 Å². The van der Waals surface area contributed by atoms with Gasteiger partial charge in [0.25, 0.3) is 5.91 Å². The van der Waals surface area contributed by atoms with Crippen LogP contribution in [0.5, 0.6) is 0 Å². The molecule has 0 aliphatic carbocycles. The van der Waals surface area contributed by atoms with Gasteiger partial charge < -0.3 is 14.6 Å². The van der Waals surface area contributed by atoms with Gasteiger partial charge >= 0.3 is 5.97 Å². The molecule has 1 atom stereocenters. The SMILES string of the molecule is CCCn1cc(Cl)cc1C(=O)N(C)C(CC)C(=O)O. The van der Waals surface area contributed by atoms with E-state index in [1.807, 2.05) is 6.92 Å². The van der Waals surface area contributed by atoms with Gasteiger partial charge in [-0.15, -0.1) is 0 Å². The summed E-state index contributed by atoms with van der Waals surface area (Å²) < 4.78 is 1.76. The van der Waals surface area contributed by atoms with Crippen LogP contribution in [-0.4, -0.2) is 39.5 Å². The Kier molecular flexibility index (Phi) is 5.42. The molecule has 0 saturated heterocycles. The van der Waals surface area contributed by atoms with Gasteiger partial charge in [-0.05, 0) is 18.9 Å². The number of amides is 1. The molecule has 1 N–H and O–H groups in total. The van der Waals surface area contributed by atoms with E-state index in [1.165, 1.54) is 11.9 Å². The number of aliphatic carboxylic acids is 1. The van der Waals surface area contributed by atoms with Crippen LogP contribution in [-0.2, 0) is 11.3 Å². The molecular weight excluding hydrogens is 268 g/mol. The minimum Gasteiger partial charge on any atom is -0.480 e. The van der Waals surface area contributed by atoms with E-state index in [9.17, 15) is 9.59 Å². The number of aromatic nitrogens is 1. The van der Waals surface area contributed by atoms with E-state index in [-0.39, 0.29) is 5.91 Å². The summed E-state index contributed by atoms with van der Waals surface area (Å²) >= 11 is 5.92. The predicted molar refractivity (Wildman–Crippen MR) is 73.5 cm³/mol. The van der Waals surface area contributed by atoms with Crippen molar-refractivity contribution in [2.75, 3.05) is 7.05 Å². The third kappa shape index (κ3) is 3.50. The summed E-state index contributed by atoms with van der Waals surface area (Å²) in [5, 5.41) is 9.57. The number of hydrogen-bond acceptors (Lipinski definition) is 2. The maximum absolute atomic E-state index is 12.3. The van der Waals surface area contributed by atoms with Crippen molar-refractivity contribution in [1.29, 1.82) is 0 Å². The lowest BCUT2D eigenvalue weighted by Crippen LogP contribution is -2.42. The van der Waals surface area contributed by atoms with E-state index in [0.717, 1.165) is 6.42 Å². The number of carbonyl (C=O) groups is 2. The Hall–Kier alpha value is -1.49. The normalized spacial score (nSPS) is 12.2. The lowest BCUT2D eigenvalue weighted by molar-refractivity contribution is -0.142. The molecule has 6 heteroatoms. The number of rotatable bonds is 6. The highest BCUT2D eigenvalue weighted by molar-refractivity contribution is 6.31. The van der Waals surface area contributed by atoms with Crippen molar-refractivity contribution in [3.63, 3.8) is 0 Å². The van der Waals surface area contributed by atoms with Gasteiger partial charge in [0.1, 0.15) is 11.7 Å². The van der Waals surface area contributed by atoms with Gasteiger partial charge in [-0.1, -0.05) is 25.4 Å². The second-order valence-electron chi connectivity index (χ2n) is 4.42. The maximum atomic E-state index is 12.3. The first-order valence-corrected chi connectivity index (χ1v) is 6.65. The van der Waals surface area contributed by atoms with Crippen molar-refractivity contribution in [2.24, 2.45) is 0 Å². The minimum atomic E-state index is -1.00. The summed E-state index contributed by atoms with van der Waals surface area (Å²) in [4.78, 5) is 24.7. The summed E-state index contributed by atoms with van der Waals surface area (Å²) in [5.74, 6) is -1.33.